The summed E-state index contributed by atoms with van der Waals surface area (Å²) in [6.07, 6.45) is -0.00401. The summed E-state index contributed by atoms with van der Waals surface area (Å²) in [5, 5.41) is 21.0. The summed E-state index contributed by atoms with van der Waals surface area (Å²) in [4.78, 5) is 41.0. The molecule has 2 aliphatic rings. The first-order valence-corrected chi connectivity index (χ1v) is 13.8. The number of carbonyl (C=O) groups is 3. The molecule has 1 saturated heterocycles. The van der Waals surface area contributed by atoms with Gasteiger partial charge in [-0.15, -0.1) is 0 Å². The highest BCUT2D eigenvalue weighted by Gasteiger charge is 2.65. The van der Waals surface area contributed by atoms with E-state index >= 15 is 0 Å². The molecule has 11 nitrogen and oxygen atoms in total. The fourth-order valence-corrected chi connectivity index (χ4v) is 7.07. The Morgan fingerprint density at radius 1 is 1.29 bits per heavy atom. The maximum absolute atomic E-state index is 14.2. The Balaban J connectivity index is 2.13. The Hall–Kier alpha value is -2.50. The molecule has 4 atom stereocenters. The number of hydrogen-bond donors (Lipinski definition) is 1. The molecule has 2 amide bonds. The van der Waals surface area contributed by atoms with Gasteiger partial charge in [0.1, 0.15) is 12.0 Å². The zero-order chi connectivity index (χ0) is 28.1. The second-order valence-electron chi connectivity index (χ2n) is 9.23. The fraction of sp³-hybridized carbons (Fsp3) is 0.600. The number of nitrogens with zero attached hydrogens (tertiary/aromatic N) is 3. The molecule has 0 spiro atoms. The monoisotopic (exact) mass is 567 g/mol. The van der Waals surface area contributed by atoms with Crippen LogP contribution in [0.2, 0.25) is 0 Å². The molecule has 13 heteroatoms. The molecule has 38 heavy (non-hydrogen) atoms. The highest BCUT2D eigenvalue weighted by molar-refractivity contribution is 8.13. The molecule has 3 rings (SSSR count). The third kappa shape index (κ3) is 5.89. The van der Waals surface area contributed by atoms with Gasteiger partial charge in [-0.05, 0) is 24.6 Å². The van der Waals surface area contributed by atoms with Crippen LogP contribution in [0.5, 0.6) is 11.5 Å². The van der Waals surface area contributed by atoms with E-state index in [0.717, 1.165) is 23.5 Å². The molecule has 208 valence electrons. The molecule has 1 aromatic rings. The number of likely N-dealkylation sites (N-methyl/N-ethyl adjacent to an activating group) is 1. The van der Waals surface area contributed by atoms with Crippen molar-refractivity contribution in [3.8, 4) is 17.6 Å². The van der Waals surface area contributed by atoms with Crippen LogP contribution in [-0.2, 0) is 23.9 Å². The smallest absolute Gasteiger partial charge is 0.259 e. The normalized spacial score (nSPS) is 24.7. The quantitative estimate of drug-likeness (QED) is 0.394. The van der Waals surface area contributed by atoms with Crippen molar-refractivity contribution in [3.05, 3.63) is 23.8 Å². The van der Waals surface area contributed by atoms with Crippen molar-refractivity contribution in [2.75, 3.05) is 47.2 Å². The third-order valence-corrected chi connectivity index (χ3v) is 8.67. The molecule has 0 aliphatic carbocycles. The van der Waals surface area contributed by atoms with Crippen LogP contribution in [0.1, 0.15) is 38.3 Å². The Kier molecular flexibility index (Phi) is 9.94. The van der Waals surface area contributed by atoms with Gasteiger partial charge in [0.05, 0.1) is 30.0 Å². The van der Waals surface area contributed by atoms with Crippen LogP contribution < -0.4 is 9.47 Å². The van der Waals surface area contributed by atoms with Gasteiger partial charge < -0.3 is 33.9 Å². The second-order valence-corrected chi connectivity index (χ2v) is 11.7. The van der Waals surface area contributed by atoms with Crippen molar-refractivity contribution in [2.45, 2.75) is 43.0 Å². The molecule has 0 radical (unpaired) electrons. The average Bonchev–Trinajstić information content (AvgIpc) is 3.47. The van der Waals surface area contributed by atoms with E-state index in [2.05, 4.69) is 6.07 Å². The largest absolute Gasteiger partial charge is 0.454 e. The molecule has 1 N–H and O–H groups in total. The lowest BCUT2D eigenvalue weighted by Crippen LogP contribution is -2.57. The molecular formula is C25H33N3O8S2. The van der Waals surface area contributed by atoms with Gasteiger partial charge in [0.2, 0.25) is 17.8 Å². The van der Waals surface area contributed by atoms with E-state index in [9.17, 15) is 24.8 Å². The fourth-order valence-electron chi connectivity index (χ4n) is 4.80. The van der Waals surface area contributed by atoms with Crippen LogP contribution in [0.3, 0.4) is 0 Å². The van der Waals surface area contributed by atoms with Gasteiger partial charge in [0.15, 0.2) is 16.4 Å². The number of carbonyl (C=O) groups excluding carboxylic acids is 3. The minimum absolute atomic E-state index is 0.00414. The minimum Gasteiger partial charge on any atom is -0.454 e. The minimum atomic E-state index is -1.66. The average molecular weight is 568 g/mol. The first-order chi connectivity index (χ1) is 18.1. The van der Waals surface area contributed by atoms with E-state index in [1.54, 1.807) is 32.0 Å². The summed E-state index contributed by atoms with van der Waals surface area (Å²) in [5.41, 5.74) is -1.79. The van der Waals surface area contributed by atoms with Crippen LogP contribution in [-0.4, -0.2) is 89.3 Å². The van der Waals surface area contributed by atoms with E-state index in [4.69, 9.17) is 18.9 Å². The van der Waals surface area contributed by atoms with Gasteiger partial charge in [0.25, 0.3) is 5.91 Å². The van der Waals surface area contributed by atoms with E-state index in [0.29, 0.717) is 17.1 Å². The van der Waals surface area contributed by atoms with Crippen molar-refractivity contribution in [2.24, 2.45) is 5.41 Å². The maximum atomic E-state index is 14.2. The molecular weight excluding hydrogens is 534 g/mol. The lowest BCUT2D eigenvalue weighted by molar-refractivity contribution is -0.146. The Morgan fingerprint density at radius 3 is 2.63 bits per heavy atom. The summed E-state index contributed by atoms with van der Waals surface area (Å²) < 4.78 is 20.9. The third-order valence-electron chi connectivity index (χ3n) is 6.40. The van der Waals surface area contributed by atoms with Crippen molar-refractivity contribution in [1.82, 2.24) is 9.80 Å². The van der Waals surface area contributed by atoms with Crippen molar-refractivity contribution >= 4 is 40.5 Å². The summed E-state index contributed by atoms with van der Waals surface area (Å²) in [6, 6.07) is 6.70. The number of ether oxygens (including phenoxy) is 4. The van der Waals surface area contributed by atoms with Gasteiger partial charge in [-0.1, -0.05) is 36.5 Å². The zero-order valence-corrected chi connectivity index (χ0v) is 23.7. The van der Waals surface area contributed by atoms with E-state index in [1.165, 1.54) is 31.1 Å². The molecule has 2 unspecified atom stereocenters. The first kappa shape index (κ1) is 30.0. The van der Waals surface area contributed by atoms with Crippen molar-refractivity contribution in [3.63, 3.8) is 0 Å². The number of aliphatic hydroxyl groups excluding tert-OH is 1. The highest BCUT2D eigenvalue weighted by Crippen LogP contribution is 2.60. The van der Waals surface area contributed by atoms with Crippen molar-refractivity contribution < 1.29 is 38.4 Å². The molecule has 2 aliphatic heterocycles. The molecule has 0 aromatic heterocycles. The summed E-state index contributed by atoms with van der Waals surface area (Å²) in [6.45, 7) is 3.22. The summed E-state index contributed by atoms with van der Waals surface area (Å²) in [7, 11) is 4.34. The number of likely N-dealkylation sites (tertiary alicyclic amines) is 1. The Labute approximate surface area is 230 Å². The number of benzene rings is 1. The van der Waals surface area contributed by atoms with Gasteiger partial charge in [-0.2, -0.15) is 5.26 Å². The number of amides is 2. The number of thioether (sulfide) groups is 2. The predicted octanol–water partition coefficient (Wildman–Crippen LogP) is 2.34. The standard InChI is InChI=1S/C25H33N3O8S2/c1-6-19(29)28-22(16-7-8-17-18(9-16)36-15-35-17)24(2,13-26)12-25(28,38-21(31)11-34-5)23(32)27(3)14-37-20(30)10-33-4/h7-9,21-22,31H,6,10-12,14-15H2,1-5H3/t21?,22?,24-,25+/m1/s1. The van der Waals surface area contributed by atoms with E-state index < -0.39 is 27.7 Å². The van der Waals surface area contributed by atoms with E-state index in [-0.39, 0.29) is 49.7 Å². The molecule has 1 aromatic carbocycles. The van der Waals surface area contributed by atoms with Crippen LogP contribution in [0, 0.1) is 16.7 Å². The number of methoxy groups -OCH3 is 2. The van der Waals surface area contributed by atoms with E-state index in [1.807, 2.05) is 0 Å². The zero-order valence-electron chi connectivity index (χ0n) is 22.1. The number of nitriles is 1. The maximum Gasteiger partial charge on any atom is 0.259 e. The SMILES string of the molecule is CCC(=O)N1C(c2ccc3c(c2)OCO3)[C@@](C)(C#N)C[C@]1(SC(O)COC)C(=O)N(C)CSC(=O)COC. The van der Waals surface area contributed by atoms with Crippen LogP contribution in [0.4, 0.5) is 0 Å². The van der Waals surface area contributed by atoms with Gasteiger partial charge in [-0.3, -0.25) is 14.4 Å². The first-order valence-electron chi connectivity index (χ1n) is 11.9. The lowest BCUT2D eigenvalue weighted by atomic mass is 9.79. The van der Waals surface area contributed by atoms with Gasteiger partial charge in [-0.25, -0.2) is 0 Å². The topological polar surface area (TPSA) is 139 Å². The number of fused-ring (bicyclic) bond motifs is 1. The summed E-state index contributed by atoms with van der Waals surface area (Å²) in [5.74, 6) is 0.141. The van der Waals surface area contributed by atoms with Crippen molar-refractivity contribution in [1.29, 1.82) is 5.26 Å². The van der Waals surface area contributed by atoms with Crippen LogP contribution >= 0.6 is 23.5 Å². The van der Waals surface area contributed by atoms with Gasteiger partial charge >= 0.3 is 0 Å². The van der Waals surface area contributed by atoms with Gasteiger partial charge in [0, 0.05) is 34.1 Å². The van der Waals surface area contributed by atoms with Crippen LogP contribution in [0.25, 0.3) is 0 Å². The molecule has 1 fully saturated rings. The Morgan fingerprint density at radius 2 is 2.00 bits per heavy atom. The molecule has 0 bridgehead atoms. The molecule has 2 heterocycles. The highest BCUT2D eigenvalue weighted by atomic mass is 32.2. The number of rotatable bonds is 11. The number of aliphatic hydroxyl groups is 1. The Bertz CT molecular complexity index is 1100. The van der Waals surface area contributed by atoms with Crippen LogP contribution in [0.15, 0.2) is 18.2 Å². The lowest BCUT2D eigenvalue weighted by Gasteiger charge is -2.42. The predicted molar refractivity (Wildman–Crippen MR) is 141 cm³/mol. The number of hydrogen-bond acceptors (Lipinski definition) is 11. The second kappa shape index (κ2) is 12.6. The molecule has 0 saturated carbocycles. The summed E-state index contributed by atoms with van der Waals surface area (Å²) >= 11 is 1.77.